The average molecular weight is 262 g/mol. The predicted molar refractivity (Wildman–Crippen MR) is 66.6 cm³/mol. The fraction of sp³-hybridized carbons (Fsp3) is 0.455. The summed E-state index contributed by atoms with van der Waals surface area (Å²) in [5.74, 6) is 0.149. The van der Waals surface area contributed by atoms with Gasteiger partial charge in [-0.25, -0.2) is 8.42 Å². The van der Waals surface area contributed by atoms with Gasteiger partial charge < -0.3 is 5.32 Å². The van der Waals surface area contributed by atoms with E-state index in [0.717, 1.165) is 0 Å². The van der Waals surface area contributed by atoms with Crippen LogP contribution in [0.1, 0.15) is 13.3 Å². The summed E-state index contributed by atoms with van der Waals surface area (Å²) in [5, 5.41) is 3.56. The molecule has 1 aromatic carbocycles. The molecule has 0 saturated carbocycles. The van der Waals surface area contributed by atoms with Crippen LogP contribution in [-0.4, -0.2) is 27.3 Å². The maximum absolute atomic E-state index is 11.9. The molecule has 0 aliphatic rings. The van der Waals surface area contributed by atoms with Crippen molar-refractivity contribution in [3.8, 4) is 0 Å². The molecule has 0 radical (unpaired) electrons. The minimum Gasteiger partial charge on any atom is -0.317 e. The zero-order valence-corrected chi connectivity index (χ0v) is 11.0. The Morgan fingerprint density at radius 3 is 2.38 bits per heavy atom. The zero-order chi connectivity index (χ0) is 12.2. The van der Waals surface area contributed by atoms with Crippen molar-refractivity contribution >= 4 is 21.4 Å². The van der Waals surface area contributed by atoms with Crippen molar-refractivity contribution in [3.05, 3.63) is 29.3 Å². The van der Waals surface area contributed by atoms with Crippen LogP contribution in [0, 0.1) is 0 Å². The van der Waals surface area contributed by atoms with E-state index in [9.17, 15) is 8.42 Å². The van der Waals surface area contributed by atoms with Crippen molar-refractivity contribution in [1.82, 2.24) is 5.32 Å². The number of benzene rings is 1. The number of hydrogen-bond acceptors (Lipinski definition) is 3. The standard InChI is InChI=1S/C11H16ClNO2S/c1-9(13-2)7-8-16(14,15)11-5-3-10(12)4-6-11/h3-6,9,13H,7-8H2,1-2H3. The van der Waals surface area contributed by atoms with Crippen molar-refractivity contribution in [2.75, 3.05) is 12.8 Å². The number of hydrogen-bond donors (Lipinski definition) is 1. The summed E-state index contributed by atoms with van der Waals surface area (Å²) in [4.78, 5) is 0.334. The first-order valence-corrected chi connectivity index (χ1v) is 7.14. The Balaban J connectivity index is 2.74. The summed E-state index contributed by atoms with van der Waals surface area (Å²) in [5.41, 5.74) is 0. The molecule has 3 nitrogen and oxygen atoms in total. The molecule has 1 aromatic rings. The Labute approximate surface area is 102 Å². The zero-order valence-electron chi connectivity index (χ0n) is 9.40. The fourth-order valence-electron chi connectivity index (χ4n) is 1.24. The van der Waals surface area contributed by atoms with Crippen LogP contribution >= 0.6 is 11.6 Å². The van der Waals surface area contributed by atoms with Crippen molar-refractivity contribution in [3.63, 3.8) is 0 Å². The Morgan fingerprint density at radius 1 is 1.31 bits per heavy atom. The number of nitrogens with one attached hydrogen (secondary N) is 1. The maximum Gasteiger partial charge on any atom is 0.178 e. The summed E-state index contributed by atoms with van der Waals surface area (Å²) < 4.78 is 23.8. The second-order valence-corrected chi connectivity index (χ2v) is 6.30. The second kappa shape index (κ2) is 5.66. The highest BCUT2D eigenvalue weighted by molar-refractivity contribution is 7.91. The first-order valence-electron chi connectivity index (χ1n) is 5.11. The van der Waals surface area contributed by atoms with Crippen molar-refractivity contribution < 1.29 is 8.42 Å². The van der Waals surface area contributed by atoms with Gasteiger partial charge in [-0.15, -0.1) is 0 Å². The summed E-state index contributed by atoms with van der Waals surface area (Å²) in [7, 11) is -1.36. The van der Waals surface area contributed by atoms with Crippen LogP contribution in [-0.2, 0) is 9.84 Å². The monoisotopic (exact) mass is 261 g/mol. The molecule has 1 unspecified atom stereocenters. The third kappa shape index (κ3) is 3.77. The highest BCUT2D eigenvalue weighted by Gasteiger charge is 2.15. The van der Waals surface area contributed by atoms with Gasteiger partial charge in [0.25, 0.3) is 0 Å². The first-order chi connectivity index (χ1) is 7.45. The van der Waals surface area contributed by atoms with E-state index in [0.29, 0.717) is 16.3 Å². The average Bonchev–Trinajstić information content (AvgIpc) is 2.26. The maximum atomic E-state index is 11.9. The third-order valence-corrected chi connectivity index (χ3v) is 4.50. The van der Waals surface area contributed by atoms with Gasteiger partial charge >= 0.3 is 0 Å². The Kier molecular flexibility index (Phi) is 4.77. The van der Waals surface area contributed by atoms with Crippen molar-refractivity contribution in [1.29, 1.82) is 0 Å². The quantitative estimate of drug-likeness (QED) is 0.883. The molecule has 0 bridgehead atoms. The molecule has 0 aliphatic heterocycles. The highest BCUT2D eigenvalue weighted by atomic mass is 35.5. The predicted octanol–water partition coefficient (Wildman–Crippen LogP) is 2.11. The van der Waals surface area contributed by atoms with E-state index in [2.05, 4.69) is 5.32 Å². The van der Waals surface area contributed by atoms with Crippen LogP contribution in [0.25, 0.3) is 0 Å². The fourth-order valence-corrected chi connectivity index (χ4v) is 2.81. The molecule has 1 rings (SSSR count). The lowest BCUT2D eigenvalue weighted by atomic mass is 10.3. The molecule has 90 valence electrons. The van der Waals surface area contributed by atoms with Crippen molar-refractivity contribution in [2.45, 2.75) is 24.3 Å². The molecule has 1 atom stereocenters. The molecule has 16 heavy (non-hydrogen) atoms. The second-order valence-electron chi connectivity index (χ2n) is 3.75. The van der Waals surface area contributed by atoms with E-state index in [1.165, 1.54) is 0 Å². The number of rotatable bonds is 5. The molecule has 0 saturated heterocycles. The van der Waals surface area contributed by atoms with E-state index in [1.807, 2.05) is 14.0 Å². The van der Waals surface area contributed by atoms with Gasteiger partial charge in [-0.2, -0.15) is 0 Å². The van der Waals surface area contributed by atoms with Crippen LogP contribution in [0.15, 0.2) is 29.2 Å². The van der Waals surface area contributed by atoms with E-state index < -0.39 is 9.84 Å². The van der Waals surface area contributed by atoms with Gasteiger partial charge in [0.05, 0.1) is 10.6 Å². The van der Waals surface area contributed by atoms with Gasteiger partial charge in [0.2, 0.25) is 0 Å². The minimum atomic E-state index is -3.18. The van der Waals surface area contributed by atoms with E-state index >= 15 is 0 Å². The molecule has 0 spiro atoms. The van der Waals surface area contributed by atoms with Gasteiger partial charge in [-0.1, -0.05) is 11.6 Å². The Morgan fingerprint density at radius 2 is 1.88 bits per heavy atom. The summed E-state index contributed by atoms with van der Waals surface area (Å²) in [6, 6.07) is 6.47. The molecular weight excluding hydrogens is 246 g/mol. The van der Waals surface area contributed by atoms with Gasteiger partial charge in [0.1, 0.15) is 0 Å². The molecule has 1 N–H and O–H groups in total. The molecule has 0 heterocycles. The molecule has 0 amide bonds. The van der Waals surface area contributed by atoms with Crippen LogP contribution in [0.2, 0.25) is 5.02 Å². The molecule has 0 aromatic heterocycles. The van der Waals surface area contributed by atoms with Crippen LogP contribution in [0.5, 0.6) is 0 Å². The Hall–Kier alpha value is -0.580. The summed E-state index contributed by atoms with van der Waals surface area (Å²) in [6.07, 6.45) is 0.599. The smallest absolute Gasteiger partial charge is 0.178 e. The number of halogens is 1. The van der Waals surface area contributed by atoms with E-state index in [-0.39, 0.29) is 11.8 Å². The molecule has 0 fully saturated rings. The lowest BCUT2D eigenvalue weighted by Gasteiger charge is -2.10. The minimum absolute atomic E-state index is 0.149. The molecule has 5 heteroatoms. The topological polar surface area (TPSA) is 46.2 Å². The molecule has 0 aliphatic carbocycles. The normalized spacial score (nSPS) is 13.7. The van der Waals surface area contributed by atoms with E-state index in [4.69, 9.17) is 11.6 Å². The molecular formula is C11H16ClNO2S. The largest absolute Gasteiger partial charge is 0.317 e. The lowest BCUT2D eigenvalue weighted by molar-refractivity contribution is 0.565. The van der Waals surface area contributed by atoms with Crippen LogP contribution in [0.3, 0.4) is 0 Å². The SMILES string of the molecule is CNC(C)CCS(=O)(=O)c1ccc(Cl)cc1. The van der Waals surface area contributed by atoms with Gasteiger partial charge in [0, 0.05) is 11.1 Å². The summed E-state index contributed by atoms with van der Waals surface area (Å²) >= 11 is 5.71. The van der Waals surface area contributed by atoms with Crippen LogP contribution in [0.4, 0.5) is 0 Å². The lowest BCUT2D eigenvalue weighted by Crippen LogP contribution is -2.24. The first kappa shape index (κ1) is 13.5. The third-order valence-electron chi connectivity index (χ3n) is 2.49. The van der Waals surface area contributed by atoms with Gasteiger partial charge in [0.15, 0.2) is 9.84 Å². The van der Waals surface area contributed by atoms with Gasteiger partial charge in [-0.3, -0.25) is 0 Å². The highest BCUT2D eigenvalue weighted by Crippen LogP contribution is 2.16. The van der Waals surface area contributed by atoms with Crippen LogP contribution < -0.4 is 5.32 Å². The Bertz CT molecular complexity index is 428. The van der Waals surface area contributed by atoms with Crippen molar-refractivity contribution in [2.24, 2.45) is 0 Å². The summed E-state index contributed by atoms with van der Waals surface area (Å²) in [6.45, 7) is 1.96. The number of sulfone groups is 1. The van der Waals surface area contributed by atoms with Gasteiger partial charge in [-0.05, 0) is 44.7 Å². The van der Waals surface area contributed by atoms with E-state index in [1.54, 1.807) is 24.3 Å².